The first-order valence-electron chi connectivity index (χ1n) is 12.4. The summed E-state index contributed by atoms with van der Waals surface area (Å²) in [5, 5.41) is 11.5. The van der Waals surface area contributed by atoms with Crippen molar-refractivity contribution in [2.45, 2.75) is 39.7 Å². The third-order valence-corrected chi connectivity index (χ3v) is 6.80. The molecule has 1 aromatic heterocycles. The van der Waals surface area contributed by atoms with Crippen molar-refractivity contribution in [1.29, 1.82) is 0 Å². The van der Waals surface area contributed by atoms with Gasteiger partial charge < -0.3 is 10.1 Å². The van der Waals surface area contributed by atoms with E-state index in [0.717, 1.165) is 28.5 Å². The van der Waals surface area contributed by atoms with E-state index < -0.39 is 10.0 Å². The molecule has 1 amide bonds. The number of nitrogens with zero attached hydrogens (tertiary/aromatic N) is 3. The number of anilines is 2. The van der Waals surface area contributed by atoms with Crippen LogP contribution < -0.4 is 14.8 Å². The number of benzene rings is 3. The van der Waals surface area contributed by atoms with Crippen LogP contribution in [-0.2, 0) is 22.0 Å². The highest BCUT2D eigenvalue weighted by molar-refractivity contribution is 7.92. The number of nitrogens with one attached hydrogen (secondary N) is 2. The van der Waals surface area contributed by atoms with Gasteiger partial charge in [0.1, 0.15) is 5.69 Å². The summed E-state index contributed by atoms with van der Waals surface area (Å²) in [4.78, 5) is 13.4. The predicted molar refractivity (Wildman–Crippen MR) is 154 cm³/mol. The van der Waals surface area contributed by atoms with Gasteiger partial charge in [-0.3, -0.25) is 9.52 Å². The van der Waals surface area contributed by atoms with Crippen molar-refractivity contribution in [2.75, 3.05) is 23.4 Å². The molecule has 204 valence electrons. The Morgan fingerprint density at radius 2 is 1.72 bits per heavy atom. The Kier molecular flexibility index (Phi) is 7.78. The van der Waals surface area contributed by atoms with Gasteiger partial charge in [0.2, 0.25) is 10.0 Å². The molecule has 0 atom stereocenters. The Bertz CT molecular complexity index is 1610. The van der Waals surface area contributed by atoms with Crippen molar-refractivity contribution < 1.29 is 17.9 Å². The number of sulfonamides is 1. The summed E-state index contributed by atoms with van der Waals surface area (Å²) < 4.78 is 33.8. The summed E-state index contributed by atoms with van der Waals surface area (Å²) in [6.45, 7) is 8.54. The molecule has 0 bridgehead atoms. The number of hydrogen-bond acceptors (Lipinski definition) is 6. The number of aromatic nitrogens is 3. The third-order valence-electron chi connectivity index (χ3n) is 6.20. The van der Waals surface area contributed by atoms with Crippen LogP contribution in [0.15, 0.2) is 66.9 Å². The largest absolute Gasteiger partial charge is 0.492 e. The van der Waals surface area contributed by atoms with E-state index in [1.54, 1.807) is 28.9 Å². The van der Waals surface area contributed by atoms with Crippen molar-refractivity contribution in [3.05, 3.63) is 89.1 Å². The molecule has 0 spiro atoms. The maximum Gasteiger partial charge on any atom is 0.255 e. The van der Waals surface area contributed by atoms with Crippen LogP contribution in [0.5, 0.6) is 5.75 Å². The fourth-order valence-electron chi connectivity index (χ4n) is 4.15. The van der Waals surface area contributed by atoms with Crippen LogP contribution in [0.25, 0.3) is 11.3 Å². The molecule has 9 nitrogen and oxygen atoms in total. The number of methoxy groups -OCH3 is 1. The normalized spacial score (nSPS) is 11.7. The van der Waals surface area contributed by atoms with E-state index in [4.69, 9.17) is 4.74 Å². The number of ether oxygens (including phenoxy) is 1. The number of carbonyl (C=O) groups excluding carboxylic acids is 1. The minimum Gasteiger partial charge on any atom is -0.492 e. The topological polar surface area (TPSA) is 115 Å². The Balaban J connectivity index is 1.66. The molecule has 0 aliphatic heterocycles. The zero-order valence-electron chi connectivity index (χ0n) is 22.9. The Hall–Kier alpha value is -4.18. The van der Waals surface area contributed by atoms with Crippen molar-refractivity contribution >= 4 is 27.3 Å². The quantitative estimate of drug-likeness (QED) is 0.312. The zero-order valence-corrected chi connectivity index (χ0v) is 23.8. The summed E-state index contributed by atoms with van der Waals surface area (Å²) in [7, 11) is -2.16. The summed E-state index contributed by atoms with van der Waals surface area (Å²) >= 11 is 0. The first kappa shape index (κ1) is 27.8. The van der Waals surface area contributed by atoms with E-state index in [0.29, 0.717) is 23.5 Å². The molecular weight excluding hydrogens is 514 g/mol. The molecule has 0 aliphatic carbocycles. The van der Waals surface area contributed by atoms with Crippen LogP contribution >= 0.6 is 0 Å². The second-order valence-electron chi connectivity index (χ2n) is 10.5. The lowest BCUT2D eigenvalue weighted by molar-refractivity contribution is 0.102. The summed E-state index contributed by atoms with van der Waals surface area (Å²) in [5.41, 5.74) is 5.03. The van der Waals surface area contributed by atoms with Crippen molar-refractivity contribution in [1.82, 2.24) is 15.0 Å². The average molecular weight is 548 g/mol. The number of carbonyl (C=O) groups is 1. The van der Waals surface area contributed by atoms with Crippen LogP contribution in [0.1, 0.15) is 47.8 Å². The molecule has 0 radical (unpaired) electrons. The first-order valence-corrected chi connectivity index (χ1v) is 14.3. The molecule has 0 fully saturated rings. The van der Waals surface area contributed by atoms with Gasteiger partial charge in [0.25, 0.3) is 5.91 Å². The first-order chi connectivity index (χ1) is 18.3. The van der Waals surface area contributed by atoms with E-state index in [1.165, 1.54) is 7.11 Å². The van der Waals surface area contributed by atoms with Crippen molar-refractivity contribution in [3.8, 4) is 17.0 Å². The fourth-order valence-corrected chi connectivity index (χ4v) is 4.70. The van der Waals surface area contributed by atoms with Crippen LogP contribution in [0.4, 0.5) is 11.4 Å². The van der Waals surface area contributed by atoms with Gasteiger partial charge in [-0.15, -0.1) is 5.10 Å². The molecule has 0 unspecified atom stereocenters. The zero-order chi connectivity index (χ0) is 28.4. The molecule has 4 aromatic rings. The second kappa shape index (κ2) is 10.9. The standard InChI is InChI=1S/C29H33N5O4S/c1-19-12-13-21(14-23(19)26-18-34(33-31-26)17-20-10-8-7-9-11-20)28(35)30-24-15-22(29(2,3)4)16-25(27(24)38-5)32-39(6,36)37/h7-16,18,32H,17H2,1-6H3,(H,30,35). The molecule has 0 saturated heterocycles. The molecular formula is C29H33N5O4S. The highest BCUT2D eigenvalue weighted by Gasteiger charge is 2.23. The highest BCUT2D eigenvalue weighted by atomic mass is 32.2. The number of hydrogen-bond donors (Lipinski definition) is 2. The maximum atomic E-state index is 13.4. The van der Waals surface area contributed by atoms with E-state index in [-0.39, 0.29) is 22.8 Å². The lowest BCUT2D eigenvalue weighted by Crippen LogP contribution is -2.18. The summed E-state index contributed by atoms with van der Waals surface area (Å²) in [5.74, 6) is -0.152. The second-order valence-corrected chi connectivity index (χ2v) is 12.2. The Morgan fingerprint density at radius 3 is 2.36 bits per heavy atom. The molecule has 3 aromatic carbocycles. The molecule has 0 saturated carbocycles. The maximum absolute atomic E-state index is 13.4. The average Bonchev–Trinajstić information content (AvgIpc) is 3.31. The summed E-state index contributed by atoms with van der Waals surface area (Å²) in [6, 6.07) is 18.9. The van der Waals surface area contributed by atoms with Crippen LogP contribution in [-0.4, -0.2) is 42.7 Å². The van der Waals surface area contributed by atoms with Crippen molar-refractivity contribution in [3.63, 3.8) is 0 Å². The number of amides is 1. The molecule has 10 heteroatoms. The van der Waals surface area contributed by atoms with Gasteiger partial charge in [-0.2, -0.15) is 0 Å². The van der Waals surface area contributed by atoms with Gasteiger partial charge in [0.05, 0.1) is 37.5 Å². The molecule has 39 heavy (non-hydrogen) atoms. The Morgan fingerprint density at radius 1 is 1.03 bits per heavy atom. The van der Waals surface area contributed by atoms with Gasteiger partial charge in [-0.25, -0.2) is 13.1 Å². The van der Waals surface area contributed by atoms with E-state index >= 15 is 0 Å². The van der Waals surface area contributed by atoms with Gasteiger partial charge in [-0.1, -0.05) is 62.4 Å². The molecule has 2 N–H and O–H groups in total. The highest BCUT2D eigenvalue weighted by Crippen LogP contribution is 2.39. The lowest BCUT2D eigenvalue weighted by Gasteiger charge is -2.24. The van der Waals surface area contributed by atoms with E-state index in [2.05, 4.69) is 20.4 Å². The van der Waals surface area contributed by atoms with E-state index in [9.17, 15) is 13.2 Å². The summed E-state index contributed by atoms with van der Waals surface area (Å²) in [6.07, 6.45) is 2.92. The number of rotatable bonds is 8. The number of aryl methyl sites for hydroxylation is 1. The van der Waals surface area contributed by atoms with Crippen LogP contribution in [0, 0.1) is 6.92 Å². The van der Waals surface area contributed by atoms with Gasteiger partial charge in [-0.05, 0) is 53.3 Å². The predicted octanol–water partition coefficient (Wildman–Crippen LogP) is 5.23. The van der Waals surface area contributed by atoms with Gasteiger partial charge in [0, 0.05) is 11.1 Å². The fraction of sp³-hybridized carbons (Fsp3) is 0.276. The van der Waals surface area contributed by atoms with E-state index in [1.807, 2.05) is 70.3 Å². The monoisotopic (exact) mass is 547 g/mol. The van der Waals surface area contributed by atoms with Crippen molar-refractivity contribution in [2.24, 2.45) is 0 Å². The van der Waals surface area contributed by atoms with Crippen LogP contribution in [0.3, 0.4) is 0 Å². The van der Waals surface area contributed by atoms with Crippen LogP contribution in [0.2, 0.25) is 0 Å². The molecule has 4 rings (SSSR count). The van der Waals surface area contributed by atoms with Gasteiger partial charge in [0.15, 0.2) is 5.75 Å². The Labute approximate surface area is 229 Å². The SMILES string of the molecule is COc1c(NC(=O)c2ccc(C)c(-c3cn(Cc4ccccc4)nn3)c2)cc(C(C)(C)C)cc1NS(C)(=O)=O. The van der Waals surface area contributed by atoms with Gasteiger partial charge >= 0.3 is 0 Å². The molecule has 1 heterocycles. The third kappa shape index (κ3) is 6.83. The smallest absolute Gasteiger partial charge is 0.255 e. The lowest BCUT2D eigenvalue weighted by atomic mass is 9.86. The minimum absolute atomic E-state index is 0.220. The minimum atomic E-state index is -3.59. The molecule has 0 aliphatic rings.